The smallest absolute Gasteiger partial charge is 0.276 e. The molecule has 0 radical (unpaired) electrons. The molecule has 1 amide bonds. The number of methoxy groups -OCH3 is 1. The highest BCUT2D eigenvalue weighted by Crippen LogP contribution is 2.20. The highest BCUT2D eigenvalue weighted by atomic mass is 16.5. The van der Waals surface area contributed by atoms with Gasteiger partial charge in [0.1, 0.15) is 0 Å². The Balaban J connectivity index is 2.11. The molecule has 0 N–H and O–H groups in total. The molecule has 0 aliphatic carbocycles. The van der Waals surface area contributed by atoms with Crippen LogP contribution in [0.25, 0.3) is 0 Å². The van der Waals surface area contributed by atoms with E-state index in [9.17, 15) is 4.79 Å². The maximum atomic E-state index is 12.1. The van der Waals surface area contributed by atoms with E-state index in [2.05, 4.69) is 10.3 Å². The average Bonchev–Trinajstić information content (AvgIpc) is 2.55. The molecular formula is C10H16N4O2. The Kier molecular flexibility index (Phi) is 2.91. The number of aryl methyl sites for hydroxylation is 1. The number of rotatable bonds is 3. The summed E-state index contributed by atoms with van der Waals surface area (Å²) in [5.41, 5.74) is 1.25. The van der Waals surface area contributed by atoms with Gasteiger partial charge in [-0.15, -0.1) is 5.10 Å². The third-order valence-corrected chi connectivity index (χ3v) is 3.07. The molecule has 1 aliphatic rings. The lowest BCUT2D eigenvalue weighted by Crippen LogP contribution is -2.53. The van der Waals surface area contributed by atoms with Crippen LogP contribution in [0, 0.1) is 6.92 Å². The molecule has 1 fully saturated rings. The predicted molar refractivity (Wildman–Crippen MR) is 57.1 cm³/mol. The zero-order chi connectivity index (χ0) is 11.7. The Hall–Kier alpha value is -1.43. The summed E-state index contributed by atoms with van der Waals surface area (Å²) >= 11 is 0. The van der Waals surface area contributed by atoms with Crippen molar-refractivity contribution in [1.29, 1.82) is 0 Å². The molecular weight excluding hydrogens is 208 g/mol. The van der Waals surface area contributed by atoms with Crippen molar-refractivity contribution in [2.45, 2.75) is 19.4 Å². The van der Waals surface area contributed by atoms with Crippen molar-refractivity contribution in [2.75, 3.05) is 20.3 Å². The molecule has 0 spiro atoms. The SMILES string of the molecule is COC[C@H]1CCN1C(=O)c1nnn(C)c1C. The minimum Gasteiger partial charge on any atom is -0.383 e. The minimum absolute atomic E-state index is 0.0427. The van der Waals surface area contributed by atoms with Crippen molar-refractivity contribution in [1.82, 2.24) is 19.9 Å². The van der Waals surface area contributed by atoms with Crippen LogP contribution in [0.1, 0.15) is 22.6 Å². The van der Waals surface area contributed by atoms with Crippen LogP contribution >= 0.6 is 0 Å². The summed E-state index contributed by atoms with van der Waals surface area (Å²) in [7, 11) is 3.43. The molecule has 6 heteroatoms. The lowest BCUT2D eigenvalue weighted by molar-refractivity contribution is 0.0196. The van der Waals surface area contributed by atoms with Crippen LogP contribution < -0.4 is 0 Å². The Morgan fingerprint density at radius 3 is 2.81 bits per heavy atom. The first-order chi connectivity index (χ1) is 7.65. The molecule has 2 heterocycles. The van der Waals surface area contributed by atoms with Gasteiger partial charge in [0.2, 0.25) is 0 Å². The number of carbonyl (C=O) groups is 1. The second-order valence-corrected chi connectivity index (χ2v) is 4.04. The lowest BCUT2D eigenvalue weighted by atomic mass is 10.0. The molecule has 0 unspecified atom stereocenters. The molecule has 6 nitrogen and oxygen atoms in total. The monoisotopic (exact) mass is 224 g/mol. The quantitative estimate of drug-likeness (QED) is 0.724. The summed E-state index contributed by atoms with van der Waals surface area (Å²) < 4.78 is 6.67. The number of amides is 1. The molecule has 0 saturated carbocycles. The van der Waals surface area contributed by atoms with E-state index in [1.165, 1.54) is 0 Å². The second-order valence-electron chi connectivity index (χ2n) is 4.04. The largest absolute Gasteiger partial charge is 0.383 e. The van der Waals surface area contributed by atoms with Gasteiger partial charge in [-0.3, -0.25) is 9.48 Å². The van der Waals surface area contributed by atoms with E-state index in [1.54, 1.807) is 23.7 Å². The van der Waals surface area contributed by atoms with Gasteiger partial charge in [0.05, 0.1) is 18.3 Å². The topological polar surface area (TPSA) is 60.2 Å². The molecule has 1 aliphatic heterocycles. The first kappa shape index (κ1) is 11.1. The number of hydrogen-bond acceptors (Lipinski definition) is 4. The zero-order valence-corrected chi connectivity index (χ0v) is 9.80. The zero-order valence-electron chi connectivity index (χ0n) is 9.80. The van der Waals surface area contributed by atoms with Crippen molar-refractivity contribution >= 4 is 5.91 Å². The molecule has 1 saturated heterocycles. The number of likely N-dealkylation sites (tertiary alicyclic amines) is 1. The van der Waals surface area contributed by atoms with Gasteiger partial charge in [0.25, 0.3) is 5.91 Å². The molecule has 2 rings (SSSR count). The van der Waals surface area contributed by atoms with Gasteiger partial charge < -0.3 is 9.64 Å². The van der Waals surface area contributed by atoms with Gasteiger partial charge >= 0.3 is 0 Å². The van der Waals surface area contributed by atoms with Gasteiger partial charge in [-0.05, 0) is 13.3 Å². The Bertz CT molecular complexity index is 402. The fourth-order valence-electron chi connectivity index (χ4n) is 1.81. The van der Waals surface area contributed by atoms with Gasteiger partial charge in [0, 0.05) is 20.7 Å². The number of nitrogens with zero attached hydrogens (tertiary/aromatic N) is 4. The molecule has 1 atom stereocenters. The first-order valence-electron chi connectivity index (χ1n) is 5.31. The average molecular weight is 224 g/mol. The highest BCUT2D eigenvalue weighted by Gasteiger charge is 2.34. The van der Waals surface area contributed by atoms with Crippen molar-refractivity contribution in [3.63, 3.8) is 0 Å². The maximum Gasteiger partial charge on any atom is 0.276 e. The van der Waals surface area contributed by atoms with E-state index in [0.29, 0.717) is 12.3 Å². The summed E-state index contributed by atoms with van der Waals surface area (Å²) in [5.74, 6) is -0.0427. The summed E-state index contributed by atoms with van der Waals surface area (Å²) in [6, 6.07) is 0.193. The van der Waals surface area contributed by atoms with E-state index in [4.69, 9.17) is 4.74 Å². The lowest BCUT2D eigenvalue weighted by Gasteiger charge is -2.40. The predicted octanol–water partition coefficient (Wildman–Crippen LogP) is -0.0156. The second kappa shape index (κ2) is 4.21. The number of ether oxygens (including phenoxy) is 1. The highest BCUT2D eigenvalue weighted by molar-refractivity contribution is 5.93. The van der Waals surface area contributed by atoms with E-state index in [-0.39, 0.29) is 11.9 Å². The van der Waals surface area contributed by atoms with Crippen molar-refractivity contribution < 1.29 is 9.53 Å². The Labute approximate surface area is 94.2 Å². The van der Waals surface area contributed by atoms with E-state index in [1.807, 2.05) is 6.92 Å². The van der Waals surface area contributed by atoms with Gasteiger partial charge in [-0.2, -0.15) is 0 Å². The molecule has 0 bridgehead atoms. The summed E-state index contributed by atoms with van der Waals surface area (Å²) in [4.78, 5) is 13.9. The third-order valence-electron chi connectivity index (χ3n) is 3.07. The van der Waals surface area contributed by atoms with Crippen molar-refractivity contribution in [3.05, 3.63) is 11.4 Å². The summed E-state index contributed by atoms with van der Waals surface area (Å²) in [5, 5.41) is 7.73. The van der Waals surface area contributed by atoms with Crippen molar-refractivity contribution in [2.24, 2.45) is 7.05 Å². The third kappa shape index (κ3) is 1.69. The molecule has 1 aromatic heterocycles. The van der Waals surface area contributed by atoms with Crippen LogP contribution in [-0.4, -0.2) is 52.1 Å². The van der Waals surface area contributed by atoms with Crippen LogP contribution in [0.4, 0.5) is 0 Å². The van der Waals surface area contributed by atoms with Gasteiger partial charge in [0.15, 0.2) is 5.69 Å². The fraction of sp³-hybridized carbons (Fsp3) is 0.700. The molecule has 88 valence electrons. The van der Waals surface area contributed by atoms with Crippen LogP contribution in [0.2, 0.25) is 0 Å². The van der Waals surface area contributed by atoms with Crippen LogP contribution in [-0.2, 0) is 11.8 Å². The minimum atomic E-state index is -0.0427. The standard InChI is InChI=1S/C10H16N4O2/c1-7-9(11-12-13(7)2)10(15)14-5-4-8(14)6-16-3/h8H,4-6H2,1-3H3/t8-/m1/s1. The molecule has 1 aromatic rings. The van der Waals surface area contributed by atoms with E-state index < -0.39 is 0 Å². The molecule has 0 aromatic carbocycles. The van der Waals surface area contributed by atoms with E-state index >= 15 is 0 Å². The fourth-order valence-corrected chi connectivity index (χ4v) is 1.81. The normalized spacial score (nSPS) is 19.7. The maximum absolute atomic E-state index is 12.1. The summed E-state index contributed by atoms with van der Waals surface area (Å²) in [6.07, 6.45) is 0.999. The number of carbonyl (C=O) groups excluding carboxylic acids is 1. The van der Waals surface area contributed by atoms with Crippen LogP contribution in [0.3, 0.4) is 0 Å². The summed E-state index contributed by atoms with van der Waals surface area (Å²) in [6.45, 7) is 3.21. The first-order valence-corrected chi connectivity index (χ1v) is 5.31. The molecule has 16 heavy (non-hydrogen) atoms. The van der Waals surface area contributed by atoms with Gasteiger partial charge in [-0.1, -0.05) is 5.21 Å². The Morgan fingerprint density at radius 2 is 2.38 bits per heavy atom. The Morgan fingerprint density at radius 1 is 1.62 bits per heavy atom. The van der Waals surface area contributed by atoms with Crippen molar-refractivity contribution in [3.8, 4) is 0 Å². The number of hydrogen-bond donors (Lipinski definition) is 0. The van der Waals surface area contributed by atoms with Crippen LogP contribution in [0.5, 0.6) is 0 Å². The van der Waals surface area contributed by atoms with Gasteiger partial charge in [-0.25, -0.2) is 0 Å². The number of aromatic nitrogens is 3. The van der Waals surface area contributed by atoms with Crippen LogP contribution in [0.15, 0.2) is 0 Å². The van der Waals surface area contributed by atoms with E-state index in [0.717, 1.165) is 18.7 Å².